The molecule has 3 aliphatic rings. The van der Waals surface area contributed by atoms with Gasteiger partial charge in [-0.2, -0.15) is 0 Å². The van der Waals surface area contributed by atoms with E-state index >= 15 is 0 Å². The van der Waals surface area contributed by atoms with E-state index < -0.39 is 0 Å². The van der Waals surface area contributed by atoms with Crippen LogP contribution in [-0.4, -0.2) is 4.98 Å². The summed E-state index contributed by atoms with van der Waals surface area (Å²) in [5, 5.41) is 4.13. The highest BCUT2D eigenvalue weighted by molar-refractivity contribution is 6.06. The number of hydrogen-bond acceptors (Lipinski definition) is 1. The smallest absolute Gasteiger partial charge is 0.215 e. The average Bonchev–Trinajstić information content (AvgIpc) is 3.24. The second kappa shape index (κ2) is 10.1. The largest absolute Gasteiger partial charge is 0.288 e. The predicted octanol–water partition coefficient (Wildman–Crippen LogP) is 10.4. The molecule has 0 saturated carbocycles. The van der Waals surface area contributed by atoms with Crippen LogP contribution in [0.1, 0.15) is 110 Å². The molecule has 0 fully saturated rings. The molecule has 2 aliphatic carbocycles. The van der Waals surface area contributed by atoms with Crippen molar-refractivity contribution in [3.63, 3.8) is 0 Å². The molecule has 0 N–H and O–H groups in total. The predicted molar refractivity (Wildman–Crippen MR) is 182 cm³/mol. The van der Waals surface area contributed by atoms with E-state index in [1.54, 1.807) is 5.57 Å². The molecule has 1 unspecified atom stereocenters. The van der Waals surface area contributed by atoms with Crippen molar-refractivity contribution < 1.29 is 4.57 Å². The summed E-state index contributed by atoms with van der Waals surface area (Å²) in [5.74, 6) is 1.78. The molecular formula is C41H49N2+. The number of rotatable bonds is 8. The first-order valence-corrected chi connectivity index (χ1v) is 17.1. The summed E-state index contributed by atoms with van der Waals surface area (Å²) in [6.45, 7) is 19.1. The van der Waals surface area contributed by atoms with Gasteiger partial charge >= 0.3 is 0 Å². The minimum absolute atomic E-state index is 0.139. The quantitative estimate of drug-likeness (QED) is 0.193. The normalized spacial score (nSPS) is 19.8. The molecule has 43 heavy (non-hydrogen) atoms. The SMILES string of the molecule is CCC(CC)C1=CC2(CC(C(CC)CC)=C1)c1cc3ccccc3c3c1-c1c4c(cc(CC(C)C)cc4nc[n+]12)C3(C)C. The standard InChI is InChI=1S/C41H49N2/c1-9-27(10-2)30-20-31(28(11-3)12-4)23-41(22-30)34-21-29-15-13-14-16-32(29)38-37(34)39-36-33(40(38,7)8)18-26(17-25(5)6)19-35(36)42-24-43(39)41/h13-16,18-22,24-25,27-28H,9-12,17,23H2,1-8H3/q+1. The van der Waals surface area contributed by atoms with Gasteiger partial charge in [-0.25, -0.2) is 4.57 Å². The lowest BCUT2D eigenvalue weighted by Crippen LogP contribution is -2.55. The second-order valence-corrected chi connectivity index (χ2v) is 14.6. The Morgan fingerprint density at radius 3 is 2.30 bits per heavy atom. The Hall–Kier alpha value is -3.26. The maximum atomic E-state index is 5.31. The van der Waals surface area contributed by atoms with E-state index in [9.17, 15) is 0 Å². The van der Waals surface area contributed by atoms with Crippen molar-refractivity contribution in [1.29, 1.82) is 0 Å². The van der Waals surface area contributed by atoms with Crippen LogP contribution in [0.3, 0.4) is 0 Å². The first-order chi connectivity index (χ1) is 20.7. The molecule has 2 heterocycles. The molecule has 0 bridgehead atoms. The van der Waals surface area contributed by atoms with E-state index in [1.807, 2.05) is 0 Å². The van der Waals surface area contributed by atoms with Crippen LogP contribution in [0.15, 0.2) is 72.1 Å². The molecule has 1 spiro atoms. The van der Waals surface area contributed by atoms with Crippen molar-refractivity contribution in [2.45, 2.75) is 105 Å². The number of nitrogens with zero attached hydrogens (tertiary/aromatic N) is 2. The van der Waals surface area contributed by atoms with Gasteiger partial charge in [0.1, 0.15) is 5.69 Å². The van der Waals surface area contributed by atoms with Crippen LogP contribution in [0.5, 0.6) is 0 Å². The molecule has 0 amide bonds. The van der Waals surface area contributed by atoms with Crippen molar-refractivity contribution in [2.75, 3.05) is 0 Å². The highest BCUT2D eigenvalue weighted by atomic mass is 15.1. The Balaban J connectivity index is 1.64. The van der Waals surface area contributed by atoms with Crippen LogP contribution in [0, 0.1) is 17.8 Å². The van der Waals surface area contributed by atoms with Crippen LogP contribution in [0.2, 0.25) is 0 Å². The Morgan fingerprint density at radius 2 is 1.60 bits per heavy atom. The summed E-state index contributed by atoms with van der Waals surface area (Å²) in [6, 6.07) is 16.6. The van der Waals surface area contributed by atoms with E-state index in [2.05, 4.69) is 121 Å². The molecule has 2 heteroatoms. The zero-order valence-corrected chi connectivity index (χ0v) is 27.6. The van der Waals surface area contributed by atoms with Crippen molar-refractivity contribution >= 4 is 21.7 Å². The van der Waals surface area contributed by atoms with Gasteiger partial charge < -0.3 is 0 Å². The van der Waals surface area contributed by atoms with E-state index in [1.165, 1.54) is 80.9 Å². The number of fused-ring (bicyclic) bond motifs is 4. The maximum absolute atomic E-state index is 5.31. The number of benzene rings is 3. The molecule has 7 rings (SSSR count). The molecule has 3 aromatic carbocycles. The first-order valence-electron chi connectivity index (χ1n) is 17.1. The Bertz CT molecular complexity index is 1830. The van der Waals surface area contributed by atoms with Gasteiger partial charge in [0.05, 0.1) is 5.39 Å². The Kier molecular flexibility index (Phi) is 6.73. The molecule has 2 nitrogen and oxygen atoms in total. The minimum Gasteiger partial charge on any atom is -0.215 e. The summed E-state index contributed by atoms with van der Waals surface area (Å²) < 4.78 is 2.63. The average molecular weight is 570 g/mol. The second-order valence-electron chi connectivity index (χ2n) is 14.6. The molecule has 1 atom stereocenters. The van der Waals surface area contributed by atoms with Gasteiger partial charge in [-0.1, -0.05) is 97.4 Å². The molecular weight excluding hydrogens is 520 g/mol. The summed E-state index contributed by atoms with van der Waals surface area (Å²) in [6.07, 6.45) is 14.3. The van der Waals surface area contributed by atoms with E-state index in [4.69, 9.17) is 4.98 Å². The fourth-order valence-electron chi connectivity index (χ4n) is 9.16. The van der Waals surface area contributed by atoms with E-state index in [0.717, 1.165) is 18.4 Å². The van der Waals surface area contributed by atoms with Gasteiger partial charge in [0, 0.05) is 23.0 Å². The van der Waals surface area contributed by atoms with Gasteiger partial charge in [-0.15, -0.1) is 0 Å². The van der Waals surface area contributed by atoms with E-state index in [-0.39, 0.29) is 11.0 Å². The van der Waals surface area contributed by atoms with Gasteiger partial charge in [0.2, 0.25) is 0 Å². The highest BCUT2D eigenvalue weighted by Gasteiger charge is 2.54. The van der Waals surface area contributed by atoms with Crippen molar-refractivity contribution in [3.8, 4) is 11.3 Å². The first kappa shape index (κ1) is 28.5. The van der Waals surface area contributed by atoms with Gasteiger partial charge in [0.25, 0.3) is 6.33 Å². The minimum atomic E-state index is -0.260. The lowest BCUT2D eigenvalue weighted by molar-refractivity contribution is -0.728. The molecule has 0 saturated heterocycles. The Morgan fingerprint density at radius 1 is 0.884 bits per heavy atom. The molecule has 1 aliphatic heterocycles. The van der Waals surface area contributed by atoms with E-state index in [0.29, 0.717) is 17.8 Å². The lowest BCUT2D eigenvalue weighted by Gasteiger charge is -2.36. The van der Waals surface area contributed by atoms with Crippen LogP contribution >= 0.6 is 0 Å². The van der Waals surface area contributed by atoms with Crippen LogP contribution in [0.25, 0.3) is 32.9 Å². The van der Waals surface area contributed by atoms with Gasteiger partial charge in [-0.3, -0.25) is 0 Å². The summed E-state index contributed by atoms with van der Waals surface area (Å²) in [7, 11) is 0. The van der Waals surface area contributed by atoms with Gasteiger partial charge in [-0.05, 0) is 106 Å². The highest BCUT2D eigenvalue weighted by Crippen LogP contribution is 2.58. The lowest BCUT2D eigenvalue weighted by atomic mass is 9.66. The zero-order chi connectivity index (χ0) is 30.3. The van der Waals surface area contributed by atoms with Gasteiger partial charge in [0.15, 0.2) is 11.1 Å². The van der Waals surface area contributed by atoms with Crippen LogP contribution in [0.4, 0.5) is 0 Å². The Labute approximate surface area is 258 Å². The number of allylic oxidation sites excluding steroid dienone is 4. The summed E-state index contributed by atoms with van der Waals surface area (Å²) >= 11 is 0. The molecule has 1 aromatic heterocycles. The van der Waals surface area contributed by atoms with Crippen molar-refractivity contribution in [2.24, 2.45) is 17.8 Å². The zero-order valence-electron chi connectivity index (χ0n) is 27.6. The molecule has 222 valence electrons. The third kappa shape index (κ3) is 3.97. The van der Waals surface area contributed by atoms with Crippen LogP contribution < -0.4 is 4.57 Å². The van der Waals surface area contributed by atoms with Crippen molar-refractivity contribution in [3.05, 3.63) is 94.3 Å². The van der Waals surface area contributed by atoms with Crippen molar-refractivity contribution in [1.82, 2.24) is 4.98 Å². The number of hydrogen-bond donors (Lipinski definition) is 0. The fraction of sp³-hybridized carbons (Fsp3) is 0.463. The fourth-order valence-corrected chi connectivity index (χ4v) is 9.16. The summed E-state index contributed by atoms with van der Waals surface area (Å²) in [5.41, 5.74) is 12.6. The third-order valence-corrected chi connectivity index (χ3v) is 11.3. The summed E-state index contributed by atoms with van der Waals surface area (Å²) in [4.78, 5) is 5.31. The monoisotopic (exact) mass is 569 g/mol. The number of aromatic nitrogens is 2. The maximum Gasteiger partial charge on any atom is 0.288 e. The van der Waals surface area contributed by atoms with Crippen LogP contribution in [-0.2, 0) is 17.4 Å². The topological polar surface area (TPSA) is 16.8 Å². The molecule has 0 radical (unpaired) electrons. The molecule has 4 aromatic rings. The third-order valence-electron chi connectivity index (χ3n) is 11.3.